The van der Waals surface area contributed by atoms with E-state index >= 15 is 0 Å². The zero-order chi connectivity index (χ0) is 23.5. The van der Waals surface area contributed by atoms with Crippen LogP contribution >= 0.6 is 0 Å². The summed E-state index contributed by atoms with van der Waals surface area (Å²) in [6, 6.07) is 13.1. The maximum absolute atomic E-state index is 12.5. The average molecular weight is 460 g/mol. The Morgan fingerprint density at radius 2 is 1.78 bits per heavy atom. The molecule has 0 aliphatic carbocycles. The zero-order valence-electron chi connectivity index (χ0n) is 17.8. The van der Waals surface area contributed by atoms with Crippen LogP contribution in [0.3, 0.4) is 0 Å². The second-order valence-electron chi connectivity index (χ2n) is 7.80. The largest absolute Gasteiger partial charge is 0.452 e. The van der Waals surface area contributed by atoms with Gasteiger partial charge in [0.25, 0.3) is 5.91 Å². The van der Waals surface area contributed by atoms with Crippen molar-refractivity contribution in [1.29, 1.82) is 0 Å². The Hall–Kier alpha value is -3.24. The second kappa shape index (κ2) is 9.49. The maximum atomic E-state index is 12.5. The molecule has 170 valence electrons. The highest BCUT2D eigenvalue weighted by molar-refractivity contribution is 7.89. The highest BCUT2D eigenvalue weighted by Crippen LogP contribution is 2.22. The van der Waals surface area contributed by atoms with Crippen LogP contribution in [0, 0.1) is 12.8 Å². The number of likely N-dealkylation sites (tertiary alicyclic amines) is 1. The van der Waals surface area contributed by atoms with Crippen molar-refractivity contribution in [1.82, 2.24) is 4.90 Å². The number of nitrogens with one attached hydrogen (secondary N) is 1. The van der Waals surface area contributed by atoms with Gasteiger partial charge in [-0.25, -0.2) is 13.6 Å². The number of amides is 2. The first-order chi connectivity index (χ1) is 15.0. The van der Waals surface area contributed by atoms with Gasteiger partial charge in [0, 0.05) is 25.2 Å². The number of nitrogens with zero attached hydrogens (tertiary/aromatic N) is 1. The lowest BCUT2D eigenvalue weighted by Crippen LogP contribution is -2.33. The number of benzene rings is 2. The van der Waals surface area contributed by atoms with Crippen molar-refractivity contribution in [2.45, 2.75) is 37.8 Å². The molecule has 3 rings (SSSR count). The molecule has 32 heavy (non-hydrogen) atoms. The third-order valence-corrected chi connectivity index (χ3v) is 6.08. The fourth-order valence-corrected chi connectivity index (χ4v) is 3.81. The van der Waals surface area contributed by atoms with Crippen molar-refractivity contribution < 1.29 is 27.5 Å². The molecule has 2 amide bonds. The molecule has 0 unspecified atom stereocenters. The van der Waals surface area contributed by atoms with Gasteiger partial charge in [0.05, 0.1) is 10.8 Å². The molecular formula is C22H25N3O6S. The van der Waals surface area contributed by atoms with Gasteiger partial charge < -0.3 is 15.0 Å². The molecule has 0 radical (unpaired) electrons. The van der Waals surface area contributed by atoms with Crippen LogP contribution in [0.25, 0.3) is 0 Å². The highest BCUT2D eigenvalue weighted by Gasteiger charge is 2.36. The molecule has 3 N–H and O–H groups in total. The number of esters is 1. The van der Waals surface area contributed by atoms with E-state index in [4.69, 9.17) is 9.88 Å². The maximum Gasteiger partial charge on any atom is 0.312 e. The number of rotatable bonds is 7. The van der Waals surface area contributed by atoms with E-state index in [1.54, 1.807) is 4.90 Å². The number of anilines is 1. The molecule has 10 heteroatoms. The summed E-state index contributed by atoms with van der Waals surface area (Å²) in [5.41, 5.74) is 2.42. The van der Waals surface area contributed by atoms with Crippen LogP contribution in [0.5, 0.6) is 0 Å². The molecule has 1 aliphatic heterocycles. The van der Waals surface area contributed by atoms with Crippen molar-refractivity contribution in [3.63, 3.8) is 0 Å². The molecule has 2 atom stereocenters. The summed E-state index contributed by atoms with van der Waals surface area (Å²) in [6.07, 6.45) is -1.06. The number of sulfonamides is 1. The van der Waals surface area contributed by atoms with Crippen LogP contribution in [0.2, 0.25) is 0 Å². The summed E-state index contributed by atoms with van der Waals surface area (Å²) in [5, 5.41) is 7.58. The fourth-order valence-electron chi connectivity index (χ4n) is 3.29. The van der Waals surface area contributed by atoms with Gasteiger partial charge in [-0.05, 0) is 43.7 Å². The monoisotopic (exact) mass is 459 g/mol. The predicted octanol–water partition coefficient (Wildman–Crippen LogP) is 1.56. The van der Waals surface area contributed by atoms with Crippen molar-refractivity contribution in [2.24, 2.45) is 11.1 Å². The minimum absolute atomic E-state index is 0.0358. The van der Waals surface area contributed by atoms with E-state index in [1.165, 1.54) is 31.2 Å². The Morgan fingerprint density at radius 3 is 2.38 bits per heavy atom. The average Bonchev–Trinajstić information content (AvgIpc) is 3.10. The third kappa shape index (κ3) is 5.92. The lowest BCUT2D eigenvalue weighted by Gasteiger charge is -2.18. The molecule has 9 nitrogen and oxygen atoms in total. The van der Waals surface area contributed by atoms with Gasteiger partial charge in [0.2, 0.25) is 15.9 Å². The van der Waals surface area contributed by atoms with E-state index in [1.807, 2.05) is 31.2 Å². The molecule has 1 fully saturated rings. The molecule has 1 aliphatic rings. The van der Waals surface area contributed by atoms with Crippen LogP contribution in [-0.2, 0) is 35.7 Å². The van der Waals surface area contributed by atoms with E-state index in [0.29, 0.717) is 12.2 Å². The summed E-state index contributed by atoms with van der Waals surface area (Å²) >= 11 is 0. The first kappa shape index (κ1) is 23.4. The van der Waals surface area contributed by atoms with Gasteiger partial charge in [0.1, 0.15) is 0 Å². The second-order valence-corrected chi connectivity index (χ2v) is 9.36. The molecule has 0 aromatic heterocycles. The highest BCUT2D eigenvalue weighted by atomic mass is 32.2. The SMILES string of the molecule is Cc1ccc(CN2C[C@H](C(=O)O[C@H](C)C(=O)Nc3ccc(S(N)(=O)=O)cc3)CC2=O)cc1. The van der Waals surface area contributed by atoms with Crippen molar-refractivity contribution in [3.05, 3.63) is 59.7 Å². The van der Waals surface area contributed by atoms with Gasteiger partial charge in [-0.3, -0.25) is 14.4 Å². The normalized spacial score (nSPS) is 17.2. The molecule has 0 bridgehead atoms. The van der Waals surface area contributed by atoms with Crippen molar-refractivity contribution in [3.8, 4) is 0 Å². The van der Waals surface area contributed by atoms with Crippen LogP contribution in [0.1, 0.15) is 24.5 Å². The number of nitrogens with two attached hydrogens (primary N) is 1. The van der Waals surface area contributed by atoms with E-state index in [-0.39, 0.29) is 23.8 Å². The van der Waals surface area contributed by atoms with Crippen LogP contribution in [0.4, 0.5) is 5.69 Å². The zero-order valence-corrected chi connectivity index (χ0v) is 18.6. The topological polar surface area (TPSA) is 136 Å². The number of primary sulfonamides is 1. The van der Waals surface area contributed by atoms with Gasteiger partial charge in [-0.2, -0.15) is 0 Å². The molecular weight excluding hydrogens is 434 g/mol. The summed E-state index contributed by atoms with van der Waals surface area (Å²) in [6.45, 7) is 4.04. The number of carbonyl (C=O) groups excluding carboxylic acids is 3. The van der Waals surface area contributed by atoms with E-state index < -0.39 is 33.9 Å². The van der Waals surface area contributed by atoms with Crippen molar-refractivity contribution in [2.75, 3.05) is 11.9 Å². The number of hydrogen-bond acceptors (Lipinski definition) is 6. The molecule has 0 saturated carbocycles. The summed E-state index contributed by atoms with van der Waals surface area (Å²) < 4.78 is 27.8. The van der Waals surface area contributed by atoms with Gasteiger partial charge >= 0.3 is 5.97 Å². The first-order valence-electron chi connectivity index (χ1n) is 10.0. The lowest BCUT2D eigenvalue weighted by molar-refractivity contribution is -0.157. The summed E-state index contributed by atoms with van der Waals surface area (Å²) in [7, 11) is -3.83. The Bertz CT molecular complexity index is 1110. The summed E-state index contributed by atoms with van der Waals surface area (Å²) in [5.74, 6) is -1.98. The number of ether oxygens (including phenoxy) is 1. The van der Waals surface area contributed by atoms with Crippen molar-refractivity contribution >= 4 is 33.5 Å². The minimum Gasteiger partial charge on any atom is -0.452 e. The number of hydrogen-bond donors (Lipinski definition) is 2. The van der Waals surface area contributed by atoms with E-state index in [2.05, 4.69) is 5.32 Å². The van der Waals surface area contributed by atoms with E-state index in [9.17, 15) is 22.8 Å². The molecule has 2 aromatic rings. The van der Waals surface area contributed by atoms with Crippen LogP contribution in [-0.4, -0.2) is 43.8 Å². The molecule has 1 heterocycles. The molecule has 2 aromatic carbocycles. The van der Waals surface area contributed by atoms with Crippen LogP contribution < -0.4 is 10.5 Å². The van der Waals surface area contributed by atoms with Crippen LogP contribution in [0.15, 0.2) is 53.4 Å². The fraction of sp³-hybridized carbons (Fsp3) is 0.318. The smallest absolute Gasteiger partial charge is 0.312 e. The molecule has 1 saturated heterocycles. The Morgan fingerprint density at radius 1 is 1.16 bits per heavy atom. The van der Waals surface area contributed by atoms with E-state index in [0.717, 1.165) is 11.1 Å². The minimum atomic E-state index is -3.83. The number of carbonyl (C=O) groups is 3. The van der Waals surface area contributed by atoms with Gasteiger partial charge in [0.15, 0.2) is 6.10 Å². The van der Waals surface area contributed by atoms with Gasteiger partial charge in [-0.1, -0.05) is 29.8 Å². The third-order valence-electron chi connectivity index (χ3n) is 5.15. The molecule has 0 spiro atoms. The summed E-state index contributed by atoms with van der Waals surface area (Å²) in [4.78, 5) is 38.7. The standard InChI is InChI=1S/C22H25N3O6S/c1-14-3-5-16(6-4-14)12-25-13-17(11-20(25)26)22(28)31-15(2)21(27)24-18-7-9-19(10-8-18)32(23,29)30/h3-10,15,17H,11-13H2,1-2H3,(H,24,27)(H2,23,29,30)/t15-,17-/m1/s1. The Balaban J connectivity index is 1.52. The predicted molar refractivity (Wildman–Crippen MR) is 117 cm³/mol. The first-order valence-corrected chi connectivity index (χ1v) is 11.5. The number of aryl methyl sites for hydroxylation is 1. The Kier molecular flexibility index (Phi) is 6.95. The lowest BCUT2D eigenvalue weighted by atomic mass is 10.1. The Labute approximate surface area is 186 Å². The van der Waals surface area contributed by atoms with Gasteiger partial charge in [-0.15, -0.1) is 0 Å². The quantitative estimate of drug-likeness (QED) is 0.603.